The lowest BCUT2D eigenvalue weighted by Crippen LogP contribution is -2.37. The Labute approximate surface area is 114 Å². The number of rotatable bonds is 6. The van der Waals surface area contributed by atoms with Crippen molar-refractivity contribution in [3.8, 4) is 0 Å². The van der Waals surface area contributed by atoms with Crippen molar-refractivity contribution in [3.05, 3.63) is 35.9 Å². The second kappa shape index (κ2) is 6.68. The van der Waals surface area contributed by atoms with Gasteiger partial charge in [0.05, 0.1) is 18.8 Å². The highest BCUT2D eigenvalue weighted by molar-refractivity contribution is 5.84. The molecule has 4 nitrogen and oxygen atoms in total. The van der Waals surface area contributed by atoms with Gasteiger partial charge >= 0.3 is 0 Å². The lowest BCUT2D eigenvalue weighted by Gasteiger charge is -2.20. The molecule has 1 saturated heterocycles. The summed E-state index contributed by atoms with van der Waals surface area (Å²) in [5.74, 6) is 0.177. The normalized spacial score (nSPS) is 23.1. The van der Waals surface area contributed by atoms with Crippen LogP contribution in [-0.4, -0.2) is 42.8 Å². The molecular formula is C15H22N2O2. The quantitative estimate of drug-likeness (QED) is 0.788. The van der Waals surface area contributed by atoms with Gasteiger partial charge in [-0.3, -0.25) is 10.1 Å². The monoisotopic (exact) mass is 262 g/mol. The topological polar surface area (TPSA) is 41.6 Å². The van der Waals surface area contributed by atoms with Crippen LogP contribution < -0.4 is 5.32 Å². The first-order chi connectivity index (χ1) is 9.22. The fourth-order valence-electron chi connectivity index (χ4n) is 2.45. The molecular weight excluding hydrogens is 240 g/mol. The zero-order valence-electron chi connectivity index (χ0n) is 11.6. The SMILES string of the molecule is CCOCCN1C(=O)C(Cc2ccccc2)NC1C. The van der Waals surface area contributed by atoms with Crippen LogP contribution in [0.25, 0.3) is 0 Å². The summed E-state index contributed by atoms with van der Waals surface area (Å²) >= 11 is 0. The van der Waals surface area contributed by atoms with Crippen LogP contribution in [0.1, 0.15) is 19.4 Å². The van der Waals surface area contributed by atoms with Gasteiger partial charge < -0.3 is 9.64 Å². The second-order valence-corrected chi connectivity index (χ2v) is 4.81. The number of carbonyl (C=O) groups excluding carboxylic acids is 1. The van der Waals surface area contributed by atoms with Crippen LogP contribution in [0.2, 0.25) is 0 Å². The summed E-state index contributed by atoms with van der Waals surface area (Å²) in [4.78, 5) is 14.2. The molecule has 0 radical (unpaired) electrons. The fourth-order valence-corrected chi connectivity index (χ4v) is 2.45. The van der Waals surface area contributed by atoms with Gasteiger partial charge in [0.2, 0.25) is 5.91 Å². The highest BCUT2D eigenvalue weighted by Crippen LogP contribution is 2.14. The first-order valence-corrected chi connectivity index (χ1v) is 6.90. The van der Waals surface area contributed by atoms with Crippen LogP contribution in [0.4, 0.5) is 0 Å². The predicted molar refractivity (Wildman–Crippen MR) is 74.7 cm³/mol. The van der Waals surface area contributed by atoms with Crippen molar-refractivity contribution in [2.75, 3.05) is 19.8 Å². The van der Waals surface area contributed by atoms with Crippen molar-refractivity contribution in [2.45, 2.75) is 32.5 Å². The van der Waals surface area contributed by atoms with Gasteiger partial charge in [-0.15, -0.1) is 0 Å². The minimum atomic E-state index is -0.112. The van der Waals surface area contributed by atoms with E-state index in [0.29, 0.717) is 19.8 Å². The Morgan fingerprint density at radius 1 is 1.32 bits per heavy atom. The number of hydrogen-bond acceptors (Lipinski definition) is 3. The third-order valence-corrected chi connectivity index (χ3v) is 3.45. The number of nitrogens with one attached hydrogen (secondary N) is 1. The van der Waals surface area contributed by atoms with Crippen LogP contribution in [-0.2, 0) is 16.0 Å². The molecule has 2 unspecified atom stereocenters. The molecule has 1 fully saturated rings. The smallest absolute Gasteiger partial charge is 0.241 e. The van der Waals surface area contributed by atoms with Gasteiger partial charge in [0.1, 0.15) is 0 Å². The Bertz CT molecular complexity index is 408. The van der Waals surface area contributed by atoms with E-state index in [4.69, 9.17) is 4.74 Å². The zero-order valence-corrected chi connectivity index (χ0v) is 11.6. The Morgan fingerprint density at radius 3 is 2.74 bits per heavy atom. The Balaban J connectivity index is 1.92. The van der Waals surface area contributed by atoms with E-state index in [-0.39, 0.29) is 18.1 Å². The van der Waals surface area contributed by atoms with Gasteiger partial charge in [-0.1, -0.05) is 30.3 Å². The summed E-state index contributed by atoms with van der Waals surface area (Å²) < 4.78 is 5.32. The molecule has 1 aliphatic rings. The molecule has 104 valence electrons. The lowest BCUT2D eigenvalue weighted by molar-refractivity contribution is -0.130. The van der Waals surface area contributed by atoms with E-state index in [2.05, 4.69) is 17.4 Å². The number of carbonyl (C=O) groups is 1. The molecule has 1 aromatic carbocycles. The molecule has 1 amide bonds. The second-order valence-electron chi connectivity index (χ2n) is 4.81. The number of benzene rings is 1. The van der Waals surface area contributed by atoms with E-state index in [1.807, 2.05) is 36.9 Å². The summed E-state index contributed by atoms with van der Waals surface area (Å²) in [6.07, 6.45) is 0.830. The van der Waals surface area contributed by atoms with E-state index in [1.165, 1.54) is 5.56 Å². The van der Waals surface area contributed by atoms with E-state index in [9.17, 15) is 4.79 Å². The van der Waals surface area contributed by atoms with Crippen LogP contribution in [0, 0.1) is 0 Å². The molecule has 1 heterocycles. The highest BCUT2D eigenvalue weighted by atomic mass is 16.5. The van der Waals surface area contributed by atoms with Crippen molar-refractivity contribution in [1.82, 2.24) is 10.2 Å². The first-order valence-electron chi connectivity index (χ1n) is 6.90. The number of nitrogens with zero attached hydrogens (tertiary/aromatic N) is 1. The molecule has 2 atom stereocenters. The van der Waals surface area contributed by atoms with Crippen LogP contribution in [0.15, 0.2) is 30.3 Å². The molecule has 1 N–H and O–H groups in total. The first kappa shape index (κ1) is 14.0. The molecule has 0 aromatic heterocycles. The summed E-state index contributed by atoms with van der Waals surface area (Å²) in [7, 11) is 0. The summed E-state index contributed by atoms with van der Waals surface area (Å²) in [5, 5.41) is 3.35. The number of hydrogen-bond donors (Lipinski definition) is 1. The third kappa shape index (κ3) is 3.55. The maximum absolute atomic E-state index is 12.3. The van der Waals surface area contributed by atoms with Crippen molar-refractivity contribution < 1.29 is 9.53 Å². The molecule has 2 rings (SSSR count). The molecule has 0 aliphatic carbocycles. The van der Waals surface area contributed by atoms with E-state index < -0.39 is 0 Å². The Morgan fingerprint density at radius 2 is 2.05 bits per heavy atom. The predicted octanol–water partition coefficient (Wildman–Crippen LogP) is 1.41. The molecule has 0 saturated carbocycles. The average Bonchev–Trinajstić information content (AvgIpc) is 2.68. The largest absolute Gasteiger partial charge is 0.380 e. The van der Waals surface area contributed by atoms with Crippen molar-refractivity contribution in [1.29, 1.82) is 0 Å². The third-order valence-electron chi connectivity index (χ3n) is 3.45. The maximum Gasteiger partial charge on any atom is 0.241 e. The molecule has 1 aliphatic heterocycles. The lowest BCUT2D eigenvalue weighted by atomic mass is 10.1. The van der Waals surface area contributed by atoms with Gasteiger partial charge in [-0.2, -0.15) is 0 Å². The Kier molecular flexibility index (Phi) is 4.93. The molecule has 4 heteroatoms. The maximum atomic E-state index is 12.3. The van der Waals surface area contributed by atoms with Crippen LogP contribution in [0.5, 0.6) is 0 Å². The average molecular weight is 262 g/mol. The van der Waals surface area contributed by atoms with Crippen LogP contribution in [0.3, 0.4) is 0 Å². The summed E-state index contributed by atoms with van der Waals surface area (Å²) in [5.41, 5.74) is 1.19. The molecule has 0 spiro atoms. The minimum Gasteiger partial charge on any atom is -0.380 e. The van der Waals surface area contributed by atoms with Crippen molar-refractivity contribution >= 4 is 5.91 Å². The molecule has 0 bridgehead atoms. The van der Waals surface area contributed by atoms with E-state index in [1.54, 1.807) is 0 Å². The molecule has 1 aromatic rings. The van der Waals surface area contributed by atoms with E-state index >= 15 is 0 Å². The van der Waals surface area contributed by atoms with Crippen molar-refractivity contribution in [3.63, 3.8) is 0 Å². The van der Waals surface area contributed by atoms with Gasteiger partial charge in [0.25, 0.3) is 0 Å². The van der Waals surface area contributed by atoms with Crippen LogP contribution >= 0.6 is 0 Å². The summed E-state index contributed by atoms with van der Waals surface area (Å²) in [6, 6.07) is 10.0. The van der Waals surface area contributed by atoms with Gasteiger partial charge in [0.15, 0.2) is 0 Å². The standard InChI is InChI=1S/C15H22N2O2/c1-3-19-10-9-17-12(2)16-14(15(17)18)11-13-7-5-4-6-8-13/h4-8,12,14,16H,3,9-11H2,1-2H3. The van der Waals surface area contributed by atoms with Gasteiger partial charge in [-0.05, 0) is 25.8 Å². The van der Waals surface area contributed by atoms with E-state index in [0.717, 1.165) is 6.42 Å². The number of ether oxygens (including phenoxy) is 1. The summed E-state index contributed by atoms with van der Waals surface area (Å²) in [6.45, 7) is 5.94. The Hall–Kier alpha value is -1.39. The van der Waals surface area contributed by atoms with Gasteiger partial charge in [-0.25, -0.2) is 0 Å². The minimum absolute atomic E-state index is 0.0849. The zero-order chi connectivity index (χ0) is 13.7. The van der Waals surface area contributed by atoms with Crippen molar-refractivity contribution in [2.24, 2.45) is 0 Å². The fraction of sp³-hybridized carbons (Fsp3) is 0.533. The molecule has 19 heavy (non-hydrogen) atoms. The number of amides is 1. The highest BCUT2D eigenvalue weighted by Gasteiger charge is 2.35. The van der Waals surface area contributed by atoms with Gasteiger partial charge in [0, 0.05) is 13.2 Å².